The number of hydrogen-bond donors (Lipinski definition) is 3. The molecule has 0 atom stereocenters. The fraction of sp³-hybridized carbons (Fsp3) is 0.368. The Morgan fingerprint density at radius 2 is 2.20 bits per heavy atom. The molecule has 30 heavy (non-hydrogen) atoms. The largest absolute Gasteiger partial charge is 0.395 e. The number of rotatable bonds is 8. The molecule has 3 aromatic rings. The van der Waals surface area contributed by atoms with Gasteiger partial charge >= 0.3 is 0 Å². The van der Waals surface area contributed by atoms with Crippen LogP contribution >= 0.6 is 0 Å². The first-order valence-corrected chi connectivity index (χ1v) is 9.32. The molecule has 0 unspecified atom stereocenters. The molecule has 0 fully saturated rings. The van der Waals surface area contributed by atoms with E-state index in [0.717, 1.165) is 4.52 Å². The van der Waals surface area contributed by atoms with Crippen LogP contribution in [0.3, 0.4) is 0 Å². The van der Waals surface area contributed by atoms with E-state index in [1.54, 1.807) is 25.3 Å². The molecule has 3 aromatic heterocycles. The van der Waals surface area contributed by atoms with Gasteiger partial charge in [0.05, 0.1) is 13.2 Å². The summed E-state index contributed by atoms with van der Waals surface area (Å²) in [5.74, 6) is 0.0705. The number of nitrogens with one attached hydrogen (secondary N) is 1. The van der Waals surface area contributed by atoms with E-state index < -0.39 is 12.1 Å². The molecule has 9 nitrogen and oxygen atoms in total. The maximum absolute atomic E-state index is 13.3. The number of nitrogens with two attached hydrogens (primary N) is 1. The van der Waals surface area contributed by atoms with E-state index in [0.29, 0.717) is 12.0 Å². The predicted octanol–water partition coefficient (Wildman–Crippen LogP) is 2.17. The van der Waals surface area contributed by atoms with Gasteiger partial charge < -0.3 is 20.7 Å². The summed E-state index contributed by atoms with van der Waals surface area (Å²) >= 11 is 0. The Hall–Kier alpha value is -3.52. The van der Waals surface area contributed by atoms with Crippen molar-refractivity contribution < 1.29 is 13.9 Å². The van der Waals surface area contributed by atoms with Crippen LogP contribution in [0.2, 0.25) is 0 Å². The highest BCUT2D eigenvalue weighted by molar-refractivity contribution is 5.80. The SMILES string of the molecule is [C-]#[N+]c1c(NCCc2cccn(CCO)c2=O)nc2c(CC)c(C(F)F)nn2c1N. The molecule has 0 spiro atoms. The van der Waals surface area contributed by atoms with Gasteiger partial charge in [-0.15, -0.1) is 0 Å². The minimum absolute atomic E-state index is 0.0285. The number of anilines is 2. The van der Waals surface area contributed by atoms with E-state index in [4.69, 9.17) is 17.4 Å². The van der Waals surface area contributed by atoms with Crippen molar-refractivity contribution >= 4 is 23.0 Å². The molecule has 0 bridgehead atoms. The summed E-state index contributed by atoms with van der Waals surface area (Å²) in [6.07, 6.45) is -0.582. The number of pyridine rings is 1. The van der Waals surface area contributed by atoms with E-state index in [9.17, 15) is 13.6 Å². The Morgan fingerprint density at radius 3 is 2.83 bits per heavy atom. The van der Waals surface area contributed by atoms with E-state index in [2.05, 4.69) is 20.2 Å². The van der Waals surface area contributed by atoms with Crippen LogP contribution in [0, 0.1) is 6.57 Å². The van der Waals surface area contributed by atoms with Crippen LogP contribution in [0.1, 0.15) is 30.2 Å². The normalized spacial score (nSPS) is 11.2. The van der Waals surface area contributed by atoms with Crippen LogP contribution in [0.25, 0.3) is 10.5 Å². The molecule has 11 heteroatoms. The predicted molar refractivity (Wildman–Crippen MR) is 108 cm³/mol. The number of halogens is 2. The first kappa shape index (κ1) is 21.2. The molecule has 0 radical (unpaired) electrons. The van der Waals surface area contributed by atoms with Gasteiger partial charge in [-0.05, 0) is 18.9 Å². The van der Waals surface area contributed by atoms with Gasteiger partial charge in [-0.1, -0.05) is 13.0 Å². The Labute approximate surface area is 170 Å². The van der Waals surface area contributed by atoms with E-state index in [1.807, 2.05) is 0 Å². The first-order valence-electron chi connectivity index (χ1n) is 9.32. The zero-order valence-electron chi connectivity index (χ0n) is 16.3. The lowest BCUT2D eigenvalue weighted by Gasteiger charge is -2.11. The molecule has 0 amide bonds. The third-order valence-electron chi connectivity index (χ3n) is 4.70. The lowest BCUT2D eigenvalue weighted by atomic mass is 10.2. The molecular weight excluding hydrogens is 396 g/mol. The van der Waals surface area contributed by atoms with Gasteiger partial charge in [0.25, 0.3) is 17.7 Å². The van der Waals surface area contributed by atoms with E-state index >= 15 is 0 Å². The van der Waals surface area contributed by atoms with Crippen LogP contribution in [0.5, 0.6) is 0 Å². The number of aryl methyl sites for hydroxylation is 1. The monoisotopic (exact) mass is 417 g/mol. The third-order valence-corrected chi connectivity index (χ3v) is 4.70. The standard InChI is InChI=1S/C19H21F2N7O2/c1-3-12-13(15(20)21)26-28-16(22)14(23-2)17(25-18(12)28)24-7-6-11-5-4-8-27(9-10-29)19(11)30/h4-5,8,15,29H,3,6-7,9-10,22H2,1H3,(H,24,25). The highest BCUT2D eigenvalue weighted by atomic mass is 19.3. The van der Waals surface area contributed by atoms with Crippen molar-refractivity contribution in [3.05, 3.63) is 56.9 Å². The molecule has 0 aliphatic heterocycles. The fourth-order valence-corrected chi connectivity index (χ4v) is 3.25. The quantitative estimate of drug-likeness (QED) is 0.484. The van der Waals surface area contributed by atoms with E-state index in [1.165, 1.54) is 4.57 Å². The van der Waals surface area contributed by atoms with Crippen LogP contribution in [0.15, 0.2) is 23.1 Å². The van der Waals surface area contributed by atoms with Gasteiger partial charge in [-0.2, -0.15) is 5.10 Å². The minimum atomic E-state index is -2.78. The molecule has 0 saturated carbocycles. The van der Waals surface area contributed by atoms with E-state index in [-0.39, 0.29) is 60.2 Å². The van der Waals surface area contributed by atoms with Crippen molar-refractivity contribution in [1.82, 2.24) is 19.2 Å². The van der Waals surface area contributed by atoms with Crippen molar-refractivity contribution in [1.29, 1.82) is 0 Å². The second-order valence-corrected chi connectivity index (χ2v) is 6.49. The Kier molecular flexibility index (Phi) is 6.27. The zero-order valence-corrected chi connectivity index (χ0v) is 16.3. The number of aliphatic hydroxyl groups excluding tert-OH is 1. The van der Waals surface area contributed by atoms with Crippen LogP contribution in [0.4, 0.5) is 26.1 Å². The molecule has 0 aliphatic carbocycles. The van der Waals surface area contributed by atoms with Gasteiger partial charge in [-0.3, -0.25) is 4.79 Å². The minimum Gasteiger partial charge on any atom is -0.395 e. The first-order chi connectivity index (χ1) is 14.4. The molecule has 158 valence electrons. The van der Waals surface area contributed by atoms with Gasteiger partial charge in [-0.25, -0.2) is 23.1 Å². The lowest BCUT2D eigenvalue weighted by Crippen LogP contribution is -2.25. The summed E-state index contributed by atoms with van der Waals surface area (Å²) < 4.78 is 29.1. The van der Waals surface area contributed by atoms with Gasteiger partial charge in [0.15, 0.2) is 5.65 Å². The molecule has 3 rings (SSSR count). The summed E-state index contributed by atoms with van der Waals surface area (Å²) in [4.78, 5) is 20.1. The van der Waals surface area contributed by atoms with Crippen molar-refractivity contribution in [2.75, 3.05) is 24.2 Å². The number of nitrogen functional groups attached to an aromatic ring is 1. The summed E-state index contributed by atoms with van der Waals surface area (Å²) in [5.41, 5.74) is 6.33. The number of aliphatic hydroxyl groups is 1. The lowest BCUT2D eigenvalue weighted by molar-refractivity contribution is 0.144. The summed E-state index contributed by atoms with van der Waals surface area (Å²) in [6, 6.07) is 3.39. The maximum Gasteiger partial charge on any atom is 0.282 e. The molecule has 0 aromatic carbocycles. The maximum atomic E-state index is 13.3. The van der Waals surface area contributed by atoms with Crippen LogP contribution in [-0.2, 0) is 19.4 Å². The van der Waals surface area contributed by atoms with Gasteiger partial charge in [0.1, 0.15) is 17.3 Å². The highest BCUT2D eigenvalue weighted by Gasteiger charge is 2.24. The summed E-state index contributed by atoms with van der Waals surface area (Å²) in [5, 5.41) is 15.9. The Bertz CT molecular complexity index is 1160. The van der Waals surface area contributed by atoms with Crippen molar-refractivity contribution in [2.24, 2.45) is 0 Å². The topological polar surface area (TPSA) is 115 Å². The second kappa shape index (κ2) is 8.87. The highest BCUT2D eigenvalue weighted by Crippen LogP contribution is 2.34. The number of fused-ring (bicyclic) bond motifs is 1. The number of alkyl halides is 2. The van der Waals surface area contributed by atoms with Crippen molar-refractivity contribution in [3.63, 3.8) is 0 Å². The molecule has 3 heterocycles. The number of aromatic nitrogens is 4. The Morgan fingerprint density at radius 1 is 1.43 bits per heavy atom. The zero-order chi connectivity index (χ0) is 21.8. The number of nitrogens with zero attached hydrogens (tertiary/aromatic N) is 5. The summed E-state index contributed by atoms with van der Waals surface area (Å²) in [7, 11) is 0. The molecular formula is C19H21F2N7O2. The summed E-state index contributed by atoms with van der Waals surface area (Å²) in [6.45, 7) is 9.42. The van der Waals surface area contributed by atoms with Crippen LogP contribution < -0.4 is 16.6 Å². The molecule has 4 N–H and O–H groups in total. The molecule has 0 saturated heterocycles. The fourth-order valence-electron chi connectivity index (χ4n) is 3.25. The van der Waals surface area contributed by atoms with Gasteiger partial charge in [0.2, 0.25) is 0 Å². The van der Waals surface area contributed by atoms with Crippen molar-refractivity contribution in [3.8, 4) is 0 Å². The number of hydrogen-bond acceptors (Lipinski definition) is 6. The second-order valence-electron chi connectivity index (χ2n) is 6.49. The molecule has 0 aliphatic rings. The smallest absolute Gasteiger partial charge is 0.282 e. The Balaban J connectivity index is 1.92. The third kappa shape index (κ3) is 3.81. The van der Waals surface area contributed by atoms with Gasteiger partial charge in [0, 0.05) is 30.4 Å². The average Bonchev–Trinajstić information content (AvgIpc) is 3.10. The average molecular weight is 417 g/mol. The van der Waals surface area contributed by atoms with Crippen molar-refractivity contribution in [2.45, 2.75) is 32.7 Å². The van der Waals surface area contributed by atoms with Crippen LogP contribution in [-0.4, -0.2) is 37.4 Å².